The summed E-state index contributed by atoms with van der Waals surface area (Å²) in [5.74, 6) is 0.859. The molecule has 1 aliphatic carbocycles. The van der Waals surface area contributed by atoms with Crippen molar-refractivity contribution < 1.29 is 9.59 Å². The zero-order valence-electron chi connectivity index (χ0n) is 13.5. The van der Waals surface area contributed by atoms with E-state index in [4.69, 9.17) is 5.73 Å². The first kappa shape index (κ1) is 15.8. The monoisotopic (exact) mass is 307 g/mol. The van der Waals surface area contributed by atoms with E-state index in [0.717, 1.165) is 44.8 Å². The first-order valence-corrected chi connectivity index (χ1v) is 8.96. The van der Waals surface area contributed by atoms with Crippen LogP contribution < -0.4 is 5.73 Å². The van der Waals surface area contributed by atoms with Gasteiger partial charge < -0.3 is 10.6 Å². The zero-order chi connectivity index (χ0) is 15.5. The van der Waals surface area contributed by atoms with Crippen molar-refractivity contribution in [2.75, 3.05) is 26.2 Å². The van der Waals surface area contributed by atoms with E-state index in [1.165, 1.54) is 32.1 Å². The van der Waals surface area contributed by atoms with Crippen molar-refractivity contribution in [2.45, 2.75) is 57.4 Å². The Morgan fingerprint density at radius 2 is 1.59 bits per heavy atom. The number of likely N-dealkylation sites (tertiary alicyclic amines) is 2. The van der Waals surface area contributed by atoms with Crippen LogP contribution in [0.15, 0.2) is 0 Å². The zero-order valence-corrected chi connectivity index (χ0v) is 13.5. The van der Waals surface area contributed by atoms with E-state index in [2.05, 4.69) is 9.80 Å². The Morgan fingerprint density at radius 3 is 2.32 bits per heavy atom. The van der Waals surface area contributed by atoms with Gasteiger partial charge in [-0.25, -0.2) is 0 Å². The lowest BCUT2D eigenvalue weighted by atomic mass is 9.78. The molecule has 0 aromatic rings. The second-order valence-corrected chi connectivity index (χ2v) is 7.29. The number of fused-ring (bicyclic) bond motifs is 1. The Bertz CT molecular complexity index is 416. The van der Waals surface area contributed by atoms with E-state index in [1.807, 2.05) is 0 Å². The van der Waals surface area contributed by atoms with Gasteiger partial charge in [-0.1, -0.05) is 12.8 Å². The number of rotatable bonds is 3. The summed E-state index contributed by atoms with van der Waals surface area (Å²) < 4.78 is 0. The van der Waals surface area contributed by atoms with Crippen molar-refractivity contribution >= 4 is 11.8 Å². The Labute approximate surface area is 133 Å². The largest absolute Gasteiger partial charge is 0.369 e. The molecule has 0 bridgehead atoms. The highest BCUT2D eigenvalue weighted by molar-refractivity contribution is 5.79. The maximum Gasteiger partial charge on any atom is 0.237 e. The minimum atomic E-state index is -0.188. The van der Waals surface area contributed by atoms with Gasteiger partial charge in [-0.3, -0.25) is 14.5 Å². The second-order valence-electron chi connectivity index (χ2n) is 7.29. The number of piperidine rings is 2. The van der Waals surface area contributed by atoms with E-state index < -0.39 is 0 Å². The van der Waals surface area contributed by atoms with Crippen molar-refractivity contribution in [1.82, 2.24) is 9.80 Å². The Hall–Kier alpha value is -1.10. The van der Waals surface area contributed by atoms with Crippen LogP contribution in [0.2, 0.25) is 0 Å². The van der Waals surface area contributed by atoms with Crippen molar-refractivity contribution in [3.63, 3.8) is 0 Å². The van der Waals surface area contributed by atoms with Crippen LogP contribution in [0.25, 0.3) is 0 Å². The molecule has 2 amide bonds. The molecule has 5 nitrogen and oxygen atoms in total. The fourth-order valence-electron chi connectivity index (χ4n) is 4.59. The highest BCUT2D eigenvalue weighted by Gasteiger charge is 2.36. The van der Waals surface area contributed by atoms with Crippen LogP contribution in [-0.2, 0) is 9.59 Å². The minimum Gasteiger partial charge on any atom is -0.369 e. The third kappa shape index (κ3) is 3.45. The number of nitrogens with two attached hydrogens (primary N) is 1. The van der Waals surface area contributed by atoms with Crippen molar-refractivity contribution in [3.05, 3.63) is 0 Å². The van der Waals surface area contributed by atoms with Crippen molar-refractivity contribution in [1.29, 1.82) is 0 Å². The van der Waals surface area contributed by atoms with E-state index in [-0.39, 0.29) is 11.8 Å². The molecule has 22 heavy (non-hydrogen) atoms. The fourth-order valence-corrected chi connectivity index (χ4v) is 4.59. The smallest absolute Gasteiger partial charge is 0.237 e. The van der Waals surface area contributed by atoms with Crippen LogP contribution in [0.4, 0.5) is 0 Å². The molecule has 2 saturated heterocycles. The number of hydrogen-bond acceptors (Lipinski definition) is 3. The first-order chi connectivity index (χ1) is 10.6. The summed E-state index contributed by atoms with van der Waals surface area (Å²) in [6.07, 6.45) is 9.18. The molecule has 0 spiro atoms. The predicted molar refractivity (Wildman–Crippen MR) is 85.1 cm³/mol. The molecule has 2 aliphatic heterocycles. The second kappa shape index (κ2) is 6.99. The molecule has 0 radical (unpaired) electrons. The highest BCUT2D eigenvalue weighted by Crippen LogP contribution is 2.35. The molecule has 2 N–H and O–H groups in total. The Balaban J connectivity index is 1.52. The normalized spacial score (nSPS) is 30.8. The lowest BCUT2D eigenvalue weighted by Crippen LogP contribution is -2.53. The molecule has 1 saturated carbocycles. The van der Waals surface area contributed by atoms with Gasteiger partial charge in [0.1, 0.15) is 0 Å². The van der Waals surface area contributed by atoms with Gasteiger partial charge in [0.2, 0.25) is 11.8 Å². The minimum absolute atomic E-state index is 0.00376. The van der Waals surface area contributed by atoms with Gasteiger partial charge in [0, 0.05) is 18.5 Å². The van der Waals surface area contributed by atoms with E-state index in [9.17, 15) is 9.59 Å². The molecule has 3 aliphatic rings. The van der Waals surface area contributed by atoms with E-state index in [1.54, 1.807) is 0 Å². The summed E-state index contributed by atoms with van der Waals surface area (Å²) in [6, 6.07) is 0.498. The first-order valence-electron chi connectivity index (χ1n) is 8.96. The number of amides is 2. The molecule has 5 heteroatoms. The van der Waals surface area contributed by atoms with Crippen molar-refractivity contribution in [2.24, 2.45) is 17.6 Å². The Morgan fingerprint density at radius 1 is 0.909 bits per heavy atom. The number of carbonyl (C=O) groups is 2. The quantitative estimate of drug-likeness (QED) is 0.856. The molecule has 0 aromatic heterocycles. The third-order valence-corrected chi connectivity index (χ3v) is 5.91. The summed E-state index contributed by atoms with van der Waals surface area (Å²) in [4.78, 5) is 28.3. The van der Waals surface area contributed by atoms with Gasteiger partial charge in [0.05, 0.1) is 6.54 Å². The van der Waals surface area contributed by atoms with Crippen LogP contribution in [0.3, 0.4) is 0 Å². The van der Waals surface area contributed by atoms with Crippen LogP contribution in [-0.4, -0.2) is 53.8 Å². The number of nitrogens with zero attached hydrogens (tertiary/aromatic N) is 2. The average molecular weight is 307 g/mol. The topological polar surface area (TPSA) is 66.6 Å². The Kier molecular flexibility index (Phi) is 5.01. The third-order valence-electron chi connectivity index (χ3n) is 5.91. The van der Waals surface area contributed by atoms with Crippen LogP contribution in [0.1, 0.15) is 51.4 Å². The van der Waals surface area contributed by atoms with Crippen LogP contribution >= 0.6 is 0 Å². The summed E-state index contributed by atoms with van der Waals surface area (Å²) in [7, 11) is 0. The van der Waals surface area contributed by atoms with Gasteiger partial charge >= 0.3 is 0 Å². The molecule has 124 valence electrons. The molecule has 2 heterocycles. The molecule has 0 aromatic carbocycles. The van der Waals surface area contributed by atoms with Gasteiger partial charge in [-0.15, -0.1) is 0 Å². The lowest BCUT2D eigenvalue weighted by molar-refractivity contribution is -0.139. The number of primary amides is 1. The summed E-state index contributed by atoms with van der Waals surface area (Å²) in [5, 5.41) is 0. The molecule has 2 atom stereocenters. The van der Waals surface area contributed by atoms with Gasteiger partial charge in [-0.05, 0) is 57.5 Å². The maximum atomic E-state index is 12.7. The molecular weight excluding hydrogens is 278 g/mol. The van der Waals surface area contributed by atoms with Gasteiger partial charge in [0.25, 0.3) is 0 Å². The molecule has 3 fully saturated rings. The maximum absolute atomic E-state index is 12.7. The summed E-state index contributed by atoms with van der Waals surface area (Å²) >= 11 is 0. The number of carbonyl (C=O) groups excluding carboxylic acids is 2. The predicted octanol–water partition coefficient (Wildman–Crippen LogP) is 1.36. The number of hydrogen-bond donors (Lipinski definition) is 1. The fraction of sp³-hybridized carbons (Fsp3) is 0.882. The summed E-state index contributed by atoms with van der Waals surface area (Å²) in [6.45, 7) is 3.11. The van der Waals surface area contributed by atoms with E-state index >= 15 is 0 Å². The van der Waals surface area contributed by atoms with Crippen LogP contribution in [0, 0.1) is 11.8 Å². The summed E-state index contributed by atoms with van der Waals surface area (Å²) in [5.41, 5.74) is 5.37. The SMILES string of the molecule is NC(=O)C1CCN(CC(=O)N2CCC[C@@H]3CCCC[C@@H]32)CC1. The highest BCUT2D eigenvalue weighted by atomic mass is 16.2. The van der Waals surface area contributed by atoms with E-state index in [0.29, 0.717) is 18.5 Å². The van der Waals surface area contributed by atoms with Gasteiger partial charge in [0.15, 0.2) is 0 Å². The molecular formula is C17H29N3O2. The standard InChI is InChI=1S/C17H29N3O2/c18-17(22)14-7-10-19(11-8-14)12-16(21)20-9-3-5-13-4-1-2-6-15(13)20/h13-15H,1-12H2,(H2,18,22)/t13-,15-/m0/s1. The lowest BCUT2D eigenvalue weighted by Gasteiger charge is -2.45. The molecule has 3 rings (SSSR count). The van der Waals surface area contributed by atoms with Gasteiger partial charge in [-0.2, -0.15) is 0 Å². The molecule has 0 unspecified atom stereocenters. The van der Waals surface area contributed by atoms with Crippen LogP contribution in [0.5, 0.6) is 0 Å². The average Bonchev–Trinajstić information content (AvgIpc) is 2.54. The van der Waals surface area contributed by atoms with Crippen molar-refractivity contribution in [3.8, 4) is 0 Å².